The van der Waals surface area contributed by atoms with Gasteiger partial charge in [0.15, 0.2) is 0 Å². The Bertz CT molecular complexity index is 1240. The van der Waals surface area contributed by atoms with Gasteiger partial charge in [0.2, 0.25) is 5.91 Å². The zero-order chi connectivity index (χ0) is 20.9. The summed E-state index contributed by atoms with van der Waals surface area (Å²) in [4.78, 5) is 24.5. The first-order valence-electron chi connectivity index (χ1n) is 9.72. The number of carbonyl (C=O) groups is 1. The highest BCUT2D eigenvalue weighted by Crippen LogP contribution is 2.23. The SMILES string of the molecule is O=C(CCCn1nc(-c2ccc(F)cc2)ccc1=O)Nc1cccc2ccccc12. The third kappa shape index (κ3) is 4.43. The van der Waals surface area contributed by atoms with Crippen LogP contribution in [0.4, 0.5) is 10.1 Å². The van der Waals surface area contributed by atoms with Crippen LogP contribution in [0, 0.1) is 5.82 Å². The van der Waals surface area contributed by atoms with Gasteiger partial charge >= 0.3 is 0 Å². The lowest BCUT2D eigenvalue weighted by Gasteiger charge is -2.10. The second-order valence-electron chi connectivity index (χ2n) is 6.97. The molecular formula is C24H20FN3O2. The highest BCUT2D eigenvalue weighted by atomic mass is 19.1. The third-order valence-corrected chi connectivity index (χ3v) is 4.84. The van der Waals surface area contributed by atoms with Gasteiger partial charge in [-0.2, -0.15) is 5.10 Å². The second kappa shape index (κ2) is 8.69. The molecule has 0 unspecified atom stereocenters. The molecule has 1 aromatic heterocycles. The summed E-state index contributed by atoms with van der Waals surface area (Å²) in [6.45, 7) is 0.316. The van der Waals surface area contributed by atoms with Gasteiger partial charge in [0, 0.05) is 35.7 Å². The van der Waals surface area contributed by atoms with Gasteiger partial charge in [-0.15, -0.1) is 0 Å². The lowest BCUT2D eigenvalue weighted by atomic mass is 10.1. The number of aromatic nitrogens is 2. The highest BCUT2D eigenvalue weighted by Gasteiger charge is 2.08. The van der Waals surface area contributed by atoms with Crippen molar-refractivity contribution in [1.29, 1.82) is 0 Å². The zero-order valence-electron chi connectivity index (χ0n) is 16.2. The first-order valence-corrected chi connectivity index (χ1v) is 9.72. The predicted molar refractivity (Wildman–Crippen MR) is 116 cm³/mol. The molecule has 0 spiro atoms. The molecule has 30 heavy (non-hydrogen) atoms. The summed E-state index contributed by atoms with van der Waals surface area (Å²) in [5.41, 5.74) is 1.83. The fraction of sp³-hybridized carbons (Fsp3) is 0.125. The average Bonchev–Trinajstić information content (AvgIpc) is 2.76. The van der Waals surface area contributed by atoms with E-state index in [-0.39, 0.29) is 23.7 Å². The van der Waals surface area contributed by atoms with Crippen LogP contribution in [0.3, 0.4) is 0 Å². The highest BCUT2D eigenvalue weighted by molar-refractivity contribution is 6.02. The summed E-state index contributed by atoms with van der Waals surface area (Å²) in [5.74, 6) is -0.446. The molecule has 0 saturated heterocycles. The Hall–Kier alpha value is -3.80. The Morgan fingerprint density at radius 3 is 2.53 bits per heavy atom. The molecule has 0 aliphatic rings. The number of nitrogens with one attached hydrogen (secondary N) is 1. The van der Waals surface area contributed by atoms with Crippen molar-refractivity contribution >= 4 is 22.4 Å². The largest absolute Gasteiger partial charge is 0.326 e. The van der Waals surface area contributed by atoms with Gasteiger partial charge in [-0.1, -0.05) is 36.4 Å². The lowest BCUT2D eigenvalue weighted by Crippen LogP contribution is -2.23. The topological polar surface area (TPSA) is 64.0 Å². The molecule has 5 nitrogen and oxygen atoms in total. The minimum atomic E-state index is -0.329. The molecule has 1 heterocycles. The monoisotopic (exact) mass is 401 g/mol. The summed E-state index contributed by atoms with van der Waals surface area (Å²) < 4.78 is 14.5. The Morgan fingerprint density at radius 1 is 0.933 bits per heavy atom. The van der Waals surface area contributed by atoms with Crippen molar-refractivity contribution in [3.05, 3.63) is 95.0 Å². The van der Waals surface area contributed by atoms with E-state index in [1.807, 2.05) is 42.5 Å². The van der Waals surface area contributed by atoms with E-state index in [4.69, 9.17) is 0 Å². The molecule has 0 saturated carbocycles. The molecule has 0 aliphatic heterocycles. The Kier molecular flexibility index (Phi) is 5.66. The van der Waals surface area contributed by atoms with Crippen LogP contribution in [0.15, 0.2) is 83.7 Å². The third-order valence-electron chi connectivity index (χ3n) is 4.84. The Morgan fingerprint density at radius 2 is 1.70 bits per heavy atom. The van der Waals surface area contributed by atoms with Crippen molar-refractivity contribution in [2.24, 2.45) is 0 Å². The number of halogens is 1. The molecule has 0 bridgehead atoms. The van der Waals surface area contributed by atoms with Crippen molar-refractivity contribution in [2.45, 2.75) is 19.4 Å². The van der Waals surface area contributed by atoms with Gasteiger partial charge in [-0.05, 0) is 48.2 Å². The summed E-state index contributed by atoms with van der Waals surface area (Å²) in [6.07, 6.45) is 0.731. The van der Waals surface area contributed by atoms with Crippen molar-refractivity contribution in [3.63, 3.8) is 0 Å². The van der Waals surface area contributed by atoms with E-state index in [1.165, 1.54) is 22.9 Å². The van der Waals surface area contributed by atoms with E-state index < -0.39 is 0 Å². The van der Waals surface area contributed by atoms with Crippen molar-refractivity contribution in [2.75, 3.05) is 5.32 Å². The average molecular weight is 401 g/mol. The Balaban J connectivity index is 1.40. The minimum absolute atomic E-state index is 0.117. The quantitative estimate of drug-likeness (QED) is 0.513. The van der Waals surface area contributed by atoms with Gasteiger partial charge < -0.3 is 5.32 Å². The molecule has 150 valence electrons. The number of benzene rings is 3. The molecule has 0 fully saturated rings. The zero-order valence-corrected chi connectivity index (χ0v) is 16.2. The first kappa shape index (κ1) is 19.5. The van der Waals surface area contributed by atoms with E-state index in [9.17, 15) is 14.0 Å². The number of rotatable bonds is 6. The molecule has 1 N–H and O–H groups in total. The molecular weight excluding hydrogens is 381 g/mol. The fourth-order valence-electron chi connectivity index (χ4n) is 3.32. The van der Waals surface area contributed by atoms with Crippen LogP contribution >= 0.6 is 0 Å². The van der Waals surface area contributed by atoms with Crippen molar-refractivity contribution in [3.8, 4) is 11.3 Å². The summed E-state index contributed by atoms with van der Waals surface area (Å²) >= 11 is 0. The smallest absolute Gasteiger partial charge is 0.266 e. The maximum Gasteiger partial charge on any atom is 0.266 e. The van der Waals surface area contributed by atoms with Crippen LogP contribution in [0.5, 0.6) is 0 Å². The van der Waals surface area contributed by atoms with Gasteiger partial charge in [0.25, 0.3) is 5.56 Å². The normalized spacial score (nSPS) is 10.8. The number of anilines is 1. The van der Waals surface area contributed by atoms with Gasteiger partial charge in [-0.3, -0.25) is 9.59 Å². The molecule has 0 aliphatic carbocycles. The van der Waals surface area contributed by atoms with Gasteiger partial charge in [0.1, 0.15) is 5.82 Å². The van der Waals surface area contributed by atoms with Crippen LogP contribution in [-0.2, 0) is 11.3 Å². The maximum atomic E-state index is 13.1. The summed E-state index contributed by atoms with van der Waals surface area (Å²) in [7, 11) is 0. The van der Waals surface area contributed by atoms with Crippen LogP contribution in [-0.4, -0.2) is 15.7 Å². The number of nitrogens with zero attached hydrogens (tertiary/aromatic N) is 2. The number of hydrogen-bond acceptors (Lipinski definition) is 3. The predicted octanol–water partition coefficient (Wildman–Crippen LogP) is 4.62. The van der Waals surface area contributed by atoms with E-state index in [0.717, 1.165) is 22.0 Å². The first-order chi connectivity index (χ1) is 14.6. The van der Waals surface area contributed by atoms with Crippen LogP contribution in [0.2, 0.25) is 0 Å². The number of amides is 1. The molecule has 4 rings (SSSR count). The summed E-state index contributed by atoms with van der Waals surface area (Å²) in [6, 6.07) is 22.6. The van der Waals surface area contributed by atoms with Gasteiger partial charge in [0.05, 0.1) is 5.69 Å². The van der Waals surface area contributed by atoms with Crippen LogP contribution in [0.1, 0.15) is 12.8 Å². The minimum Gasteiger partial charge on any atom is -0.326 e. The molecule has 3 aromatic carbocycles. The van der Waals surface area contributed by atoms with Crippen molar-refractivity contribution < 1.29 is 9.18 Å². The van der Waals surface area contributed by atoms with E-state index >= 15 is 0 Å². The number of fused-ring (bicyclic) bond motifs is 1. The molecule has 0 atom stereocenters. The molecule has 0 radical (unpaired) electrons. The van der Waals surface area contributed by atoms with E-state index in [2.05, 4.69) is 10.4 Å². The Labute approximate surface area is 172 Å². The van der Waals surface area contributed by atoms with Crippen LogP contribution in [0.25, 0.3) is 22.0 Å². The second-order valence-corrected chi connectivity index (χ2v) is 6.97. The number of carbonyl (C=O) groups excluding carboxylic acids is 1. The van der Waals surface area contributed by atoms with Crippen molar-refractivity contribution in [1.82, 2.24) is 9.78 Å². The number of aryl methyl sites for hydroxylation is 1. The fourth-order valence-corrected chi connectivity index (χ4v) is 3.32. The molecule has 4 aromatic rings. The van der Waals surface area contributed by atoms with E-state index in [0.29, 0.717) is 18.7 Å². The van der Waals surface area contributed by atoms with Gasteiger partial charge in [-0.25, -0.2) is 9.07 Å². The van der Waals surface area contributed by atoms with Crippen LogP contribution < -0.4 is 10.9 Å². The lowest BCUT2D eigenvalue weighted by molar-refractivity contribution is -0.116. The number of hydrogen-bond donors (Lipinski definition) is 1. The standard InChI is InChI=1S/C24H20FN3O2/c25-19-12-10-18(11-13-19)21-14-15-24(30)28(27-21)16-4-9-23(29)26-22-8-3-6-17-5-1-2-7-20(17)22/h1-3,5-8,10-15H,4,9,16H2,(H,26,29). The molecule has 1 amide bonds. The summed E-state index contributed by atoms with van der Waals surface area (Å²) in [5, 5.41) is 9.33. The molecule has 6 heteroatoms. The maximum absolute atomic E-state index is 13.1. The van der Waals surface area contributed by atoms with E-state index in [1.54, 1.807) is 18.2 Å².